The maximum absolute atomic E-state index is 3.19. The fraction of sp³-hybridized carbons (Fsp3) is 1.00. The van der Waals surface area contributed by atoms with Crippen LogP contribution in [0, 0.1) is 0 Å². The van der Waals surface area contributed by atoms with Gasteiger partial charge in [0.1, 0.15) is 0 Å². The third-order valence-electron chi connectivity index (χ3n) is 2.89. The van der Waals surface area contributed by atoms with Crippen LogP contribution in [0.5, 0.6) is 0 Å². The Morgan fingerprint density at radius 3 is 2.58 bits per heavy atom. The van der Waals surface area contributed by atoms with Crippen molar-refractivity contribution in [1.82, 2.24) is 10.2 Å². The fourth-order valence-electron chi connectivity index (χ4n) is 2.03. The summed E-state index contributed by atoms with van der Waals surface area (Å²) < 4.78 is 0. The van der Waals surface area contributed by atoms with Crippen molar-refractivity contribution < 1.29 is 0 Å². The number of hydrogen-bond acceptors (Lipinski definition) is 2. The predicted molar refractivity (Wildman–Crippen MR) is 53.4 cm³/mol. The lowest BCUT2D eigenvalue weighted by Crippen LogP contribution is -2.31. The van der Waals surface area contributed by atoms with Gasteiger partial charge < -0.3 is 10.2 Å². The van der Waals surface area contributed by atoms with E-state index >= 15 is 0 Å². The molecule has 1 saturated carbocycles. The third kappa shape index (κ3) is 3.11. The molecule has 0 aromatic rings. The van der Waals surface area contributed by atoms with Gasteiger partial charge in [-0.1, -0.05) is 12.8 Å². The summed E-state index contributed by atoms with van der Waals surface area (Å²) >= 11 is 0. The average molecular weight is 170 g/mol. The van der Waals surface area contributed by atoms with Gasteiger partial charge in [-0.25, -0.2) is 0 Å². The Labute approximate surface area is 76.3 Å². The molecule has 0 saturated heterocycles. The first-order valence-corrected chi connectivity index (χ1v) is 5.19. The third-order valence-corrected chi connectivity index (χ3v) is 2.89. The van der Waals surface area contributed by atoms with Crippen molar-refractivity contribution in [3.8, 4) is 0 Å². The van der Waals surface area contributed by atoms with Gasteiger partial charge >= 0.3 is 0 Å². The highest BCUT2D eigenvalue weighted by Gasteiger charge is 2.18. The molecule has 1 N–H and O–H groups in total. The van der Waals surface area contributed by atoms with E-state index in [0.29, 0.717) is 0 Å². The minimum atomic E-state index is 0.891. The maximum Gasteiger partial charge on any atom is 0.00922 e. The van der Waals surface area contributed by atoms with Crippen molar-refractivity contribution in [3.63, 3.8) is 0 Å². The van der Waals surface area contributed by atoms with Crippen LogP contribution < -0.4 is 5.32 Å². The molecule has 0 aromatic carbocycles. The topological polar surface area (TPSA) is 15.3 Å². The predicted octanol–water partition coefficient (Wildman–Crippen LogP) is 1.47. The van der Waals surface area contributed by atoms with Gasteiger partial charge in [0.2, 0.25) is 0 Å². The van der Waals surface area contributed by atoms with Crippen molar-refractivity contribution in [2.75, 3.05) is 27.2 Å². The molecule has 1 rings (SSSR count). The first-order valence-electron chi connectivity index (χ1n) is 5.19. The normalized spacial score (nSPS) is 19.2. The van der Waals surface area contributed by atoms with Gasteiger partial charge in [-0.3, -0.25) is 0 Å². The summed E-state index contributed by atoms with van der Waals surface area (Å²) in [5.41, 5.74) is 0. The number of rotatable bonds is 5. The summed E-state index contributed by atoms with van der Waals surface area (Å²) in [7, 11) is 4.29. The van der Waals surface area contributed by atoms with Gasteiger partial charge in [0.15, 0.2) is 0 Å². The second kappa shape index (κ2) is 5.55. The molecule has 0 unspecified atom stereocenters. The van der Waals surface area contributed by atoms with Crippen LogP contribution in [0.3, 0.4) is 0 Å². The van der Waals surface area contributed by atoms with Crippen molar-refractivity contribution in [2.45, 2.75) is 38.1 Å². The molecule has 0 aliphatic heterocycles. The lowest BCUT2D eigenvalue weighted by atomic mass is 10.2. The molecule has 0 atom stereocenters. The van der Waals surface area contributed by atoms with E-state index in [-0.39, 0.29) is 0 Å². The van der Waals surface area contributed by atoms with E-state index in [2.05, 4.69) is 17.3 Å². The maximum atomic E-state index is 3.19. The van der Waals surface area contributed by atoms with Crippen LogP contribution in [0.4, 0.5) is 0 Å². The first-order chi connectivity index (χ1) is 5.84. The van der Waals surface area contributed by atoms with Gasteiger partial charge in [-0.15, -0.1) is 0 Å². The van der Waals surface area contributed by atoms with Crippen molar-refractivity contribution in [2.24, 2.45) is 0 Å². The molecule has 0 bridgehead atoms. The second-order valence-electron chi connectivity index (χ2n) is 3.88. The van der Waals surface area contributed by atoms with E-state index in [1.807, 2.05) is 7.05 Å². The second-order valence-corrected chi connectivity index (χ2v) is 3.88. The van der Waals surface area contributed by atoms with E-state index in [1.165, 1.54) is 38.6 Å². The fourth-order valence-corrected chi connectivity index (χ4v) is 2.03. The van der Waals surface area contributed by atoms with Crippen LogP contribution in [0.15, 0.2) is 0 Å². The molecule has 0 spiro atoms. The Kier molecular flexibility index (Phi) is 4.62. The number of nitrogens with zero attached hydrogens (tertiary/aromatic N) is 1. The zero-order chi connectivity index (χ0) is 8.81. The number of hydrogen-bond donors (Lipinski definition) is 1. The van der Waals surface area contributed by atoms with Crippen molar-refractivity contribution >= 4 is 0 Å². The lowest BCUT2D eigenvalue weighted by molar-refractivity contribution is 0.242. The van der Waals surface area contributed by atoms with Crippen molar-refractivity contribution in [3.05, 3.63) is 0 Å². The van der Waals surface area contributed by atoms with Crippen LogP contribution in [0.1, 0.15) is 32.1 Å². The van der Waals surface area contributed by atoms with Gasteiger partial charge in [-0.2, -0.15) is 0 Å². The van der Waals surface area contributed by atoms with E-state index in [1.54, 1.807) is 0 Å². The van der Waals surface area contributed by atoms with Gasteiger partial charge in [0.05, 0.1) is 0 Å². The molecule has 72 valence electrons. The Morgan fingerprint density at radius 2 is 2.00 bits per heavy atom. The van der Waals surface area contributed by atoms with Crippen LogP contribution in [-0.2, 0) is 0 Å². The van der Waals surface area contributed by atoms with E-state index < -0.39 is 0 Å². The molecule has 2 nitrogen and oxygen atoms in total. The Bertz CT molecular complexity index is 108. The summed E-state index contributed by atoms with van der Waals surface area (Å²) in [6.07, 6.45) is 7.03. The molecular formula is C10H22N2. The van der Waals surface area contributed by atoms with Crippen LogP contribution in [-0.4, -0.2) is 38.1 Å². The molecule has 1 fully saturated rings. The highest BCUT2D eigenvalue weighted by atomic mass is 15.1. The smallest absolute Gasteiger partial charge is 0.00922 e. The summed E-state index contributed by atoms with van der Waals surface area (Å²) in [5, 5.41) is 3.19. The first kappa shape index (κ1) is 10.0. The number of nitrogens with one attached hydrogen (secondary N) is 1. The minimum absolute atomic E-state index is 0.891. The minimum Gasteiger partial charge on any atom is -0.320 e. The molecule has 0 radical (unpaired) electrons. The standard InChI is InChI=1S/C10H22N2/c1-11-8-5-9-12(2)10-6-3-4-7-10/h10-11H,3-9H2,1-2H3. The van der Waals surface area contributed by atoms with E-state index in [9.17, 15) is 0 Å². The highest BCUT2D eigenvalue weighted by Crippen LogP contribution is 2.22. The van der Waals surface area contributed by atoms with Crippen LogP contribution in [0.2, 0.25) is 0 Å². The Balaban J connectivity index is 2.05. The summed E-state index contributed by atoms with van der Waals surface area (Å²) in [5.74, 6) is 0. The quantitative estimate of drug-likeness (QED) is 0.629. The lowest BCUT2D eigenvalue weighted by Gasteiger charge is -2.23. The van der Waals surface area contributed by atoms with Crippen molar-refractivity contribution in [1.29, 1.82) is 0 Å². The largest absolute Gasteiger partial charge is 0.320 e. The zero-order valence-electron chi connectivity index (χ0n) is 8.47. The zero-order valence-corrected chi connectivity index (χ0v) is 8.47. The molecule has 12 heavy (non-hydrogen) atoms. The molecule has 1 aliphatic rings. The Hall–Kier alpha value is -0.0800. The van der Waals surface area contributed by atoms with Gasteiger partial charge in [-0.05, 0) is 46.4 Å². The van der Waals surface area contributed by atoms with Gasteiger partial charge in [0, 0.05) is 6.04 Å². The molecular weight excluding hydrogens is 148 g/mol. The van der Waals surface area contributed by atoms with Crippen LogP contribution >= 0.6 is 0 Å². The van der Waals surface area contributed by atoms with E-state index in [4.69, 9.17) is 0 Å². The monoisotopic (exact) mass is 170 g/mol. The molecule has 0 aromatic heterocycles. The molecule has 2 heteroatoms. The summed E-state index contributed by atoms with van der Waals surface area (Å²) in [6.45, 7) is 2.41. The summed E-state index contributed by atoms with van der Waals surface area (Å²) in [4.78, 5) is 2.53. The van der Waals surface area contributed by atoms with E-state index in [0.717, 1.165) is 12.6 Å². The summed E-state index contributed by atoms with van der Waals surface area (Å²) in [6, 6.07) is 0.891. The molecule has 0 heterocycles. The molecule has 1 aliphatic carbocycles. The van der Waals surface area contributed by atoms with Crippen LogP contribution in [0.25, 0.3) is 0 Å². The SMILES string of the molecule is CNCCCN(C)C1CCCC1. The van der Waals surface area contributed by atoms with Gasteiger partial charge in [0.25, 0.3) is 0 Å². The Morgan fingerprint density at radius 1 is 1.33 bits per heavy atom. The highest BCUT2D eigenvalue weighted by molar-refractivity contribution is 4.74. The average Bonchev–Trinajstić information content (AvgIpc) is 2.56. The molecule has 0 amide bonds.